The van der Waals surface area contributed by atoms with Crippen LogP contribution < -0.4 is 9.62 Å². The molecule has 0 aliphatic heterocycles. The molecule has 1 saturated carbocycles. The lowest BCUT2D eigenvalue weighted by Crippen LogP contribution is -2.52. The average molecular weight is 622 g/mol. The van der Waals surface area contributed by atoms with Crippen molar-refractivity contribution in [3.05, 3.63) is 95.0 Å². The highest BCUT2D eigenvalue weighted by molar-refractivity contribution is 7.92. The van der Waals surface area contributed by atoms with Gasteiger partial charge in [-0.15, -0.1) is 0 Å². The second-order valence-corrected chi connectivity index (χ2v) is 12.5. The van der Waals surface area contributed by atoms with E-state index in [2.05, 4.69) is 5.32 Å². The zero-order valence-electron chi connectivity index (χ0n) is 22.9. The van der Waals surface area contributed by atoms with Crippen LogP contribution in [0, 0.1) is 0 Å². The number of hydrogen-bond donors (Lipinski definition) is 1. The lowest BCUT2D eigenvalue weighted by atomic mass is 10.1. The summed E-state index contributed by atoms with van der Waals surface area (Å²) in [7, 11) is -4.49. The van der Waals surface area contributed by atoms with E-state index in [1.165, 1.54) is 42.2 Å². The minimum Gasteiger partial charge on any atom is -0.352 e. The first-order valence-electron chi connectivity index (χ1n) is 13.5. The highest BCUT2D eigenvalue weighted by atomic mass is 35.5. The minimum absolute atomic E-state index is 0.0249. The van der Waals surface area contributed by atoms with E-state index >= 15 is 0 Å². The molecule has 12 heteroatoms. The van der Waals surface area contributed by atoms with E-state index in [1.54, 1.807) is 30.3 Å². The van der Waals surface area contributed by atoms with Gasteiger partial charge in [-0.25, -0.2) is 8.42 Å². The van der Waals surface area contributed by atoms with Gasteiger partial charge < -0.3 is 10.2 Å². The fourth-order valence-corrected chi connectivity index (χ4v) is 6.53. The van der Waals surface area contributed by atoms with Gasteiger partial charge in [-0.2, -0.15) is 13.2 Å². The summed E-state index contributed by atoms with van der Waals surface area (Å²) in [5.74, 6) is -1.19. The van der Waals surface area contributed by atoms with Crippen LogP contribution in [-0.4, -0.2) is 43.8 Å². The first kappa shape index (κ1) is 31.4. The SMILES string of the molecule is C[C@H](C(=O)NC1CCCC1)N(Cc1cccc(Cl)c1)C(=O)CN(c1cccc(C(F)(F)F)c1)S(=O)(=O)c1ccccc1. The number of benzene rings is 3. The van der Waals surface area contributed by atoms with Gasteiger partial charge in [0.2, 0.25) is 11.8 Å². The lowest BCUT2D eigenvalue weighted by molar-refractivity contribution is -0.139. The van der Waals surface area contributed by atoms with Crippen LogP contribution >= 0.6 is 11.6 Å². The molecular weight excluding hydrogens is 591 g/mol. The van der Waals surface area contributed by atoms with E-state index in [0.29, 0.717) is 21.0 Å². The van der Waals surface area contributed by atoms with Gasteiger partial charge >= 0.3 is 6.18 Å². The summed E-state index contributed by atoms with van der Waals surface area (Å²) in [6.07, 6.45) is -1.14. The molecule has 224 valence electrons. The molecule has 3 aromatic carbocycles. The second-order valence-electron chi connectivity index (χ2n) is 10.2. The molecule has 1 aliphatic carbocycles. The topological polar surface area (TPSA) is 86.8 Å². The Balaban J connectivity index is 1.72. The molecule has 1 aliphatic rings. The second kappa shape index (κ2) is 13.2. The summed E-state index contributed by atoms with van der Waals surface area (Å²) in [6.45, 7) is 0.605. The number of nitrogens with one attached hydrogen (secondary N) is 1. The van der Waals surface area contributed by atoms with Gasteiger partial charge in [0, 0.05) is 17.6 Å². The van der Waals surface area contributed by atoms with Crippen LogP contribution in [0.1, 0.15) is 43.7 Å². The van der Waals surface area contributed by atoms with Crippen LogP contribution in [-0.2, 0) is 32.3 Å². The number of alkyl halides is 3. The van der Waals surface area contributed by atoms with E-state index < -0.39 is 46.2 Å². The Bertz CT molecular complexity index is 1510. The van der Waals surface area contributed by atoms with Crippen LogP contribution in [0.4, 0.5) is 18.9 Å². The Morgan fingerprint density at radius 2 is 1.64 bits per heavy atom. The first-order valence-corrected chi connectivity index (χ1v) is 15.3. The molecule has 1 atom stereocenters. The zero-order valence-corrected chi connectivity index (χ0v) is 24.4. The third kappa shape index (κ3) is 7.63. The van der Waals surface area contributed by atoms with Gasteiger partial charge in [0.05, 0.1) is 16.1 Å². The van der Waals surface area contributed by atoms with E-state index in [4.69, 9.17) is 11.6 Å². The average Bonchev–Trinajstić information content (AvgIpc) is 3.47. The number of carbonyl (C=O) groups is 2. The van der Waals surface area contributed by atoms with Crippen molar-refractivity contribution in [2.45, 2.75) is 62.3 Å². The maximum atomic E-state index is 13.9. The van der Waals surface area contributed by atoms with Crippen molar-refractivity contribution in [3.8, 4) is 0 Å². The summed E-state index contributed by atoms with van der Waals surface area (Å²) in [4.78, 5) is 28.2. The molecular formula is C30H31ClF3N3O4S. The van der Waals surface area contributed by atoms with Crippen molar-refractivity contribution in [2.75, 3.05) is 10.8 Å². The number of nitrogens with zero attached hydrogens (tertiary/aromatic N) is 2. The Kier molecular flexibility index (Phi) is 9.83. The number of amides is 2. The molecule has 0 saturated heterocycles. The van der Waals surface area contributed by atoms with Crippen LogP contribution in [0.5, 0.6) is 0 Å². The third-order valence-corrected chi connectivity index (χ3v) is 9.21. The molecule has 0 radical (unpaired) electrons. The molecule has 0 aromatic heterocycles. The quantitative estimate of drug-likeness (QED) is 0.300. The van der Waals surface area contributed by atoms with E-state index in [9.17, 15) is 31.2 Å². The third-order valence-electron chi connectivity index (χ3n) is 7.18. The van der Waals surface area contributed by atoms with Crippen molar-refractivity contribution in [1.29, 1.82) is 0 Å². The van der Waals surface area contributed by atoms with Crippen molar-refractivity contribution in [2.24, 2.45) is 0 Å². The molecule has 2 amide bonds. The van der Waals surface area contributed by atoms with Crippen LogP contribution in [0.2, 0.25) is 5.02 Å². The molecule has 7 nitrogen and oxygen atoms in total. The van der Waals surface area contributed by atoms with Crippen molar-refractivity contribution in [1.82, 2.24) is 10.2 Å². The number of hydrogen-bond acceptors (Lipinski definition) is 4. The predicted octanol–water partition coefficient (Wildman–Crippen LogP) is 6.03. The number of rotatable bonds is 10. The molecule has 1 N–H and O–H groups in total. The fraction of sp³-hybridized carbons (Fsp3) is 0.333. The van der Waals surface area contributed by atoms with Crippen LogP contribution in [0.15, 0.2) is 83.8 Å². The number of carbonyl (C=O) groups excluding carboxylic acids is 2. The molecule has 0 bridgehead atoms. The Hall–Kier alpha value is -3.57. The van der Waals surface area contributed by atoms with Gasteiger partial charge in [-0.3, -0.25) is 13.9 Å². The van der Waals surface area contributed by atoms with E-state index in [-0.39, 0.29) is 23.2 Å². The molecule has 0 heterocycles. The smallest absolute Gasteiger partial charge is 0.352 e. The van der Waals surface area contributed by atoms with Gasteiger partial charge in [-0.1, -0.05) is 60.8 Å². The van der Waals surface area contributed by atoms with Crippen molar-refractivity contribution >= 4 is 39.1 Å². The maximum absolute atomic E-state index is 13.9. The lowest BCUT2D eigenvalue weighted by Gasteiger charge is -2.32. The van der Waals surface area contributed by atoms with Gasteiger partial charge in [-0.05, 0) is 67.8 Å². The fourth-order valence-electron chi connectivity index (χ4n) is 4.89. The number of sulfonamides is 1. The van der Waals surface area contributed by atoms with Gasteiger partial charge in [0.1, 0.15) is 12.6 Å². The minimum atomic E-state index is -4.74. The molecule has 0 unspecified atom stereocenters. The Morgan fingerprint density at radius 3 is 2.29 bits per heavy atom. The zero-order chi connectivity index (χ0) is 30.5. The van der Waals surface area contributed by atoms with Gasteiger partial charge in [0.15, 0.2) is 0 Å². The monoisotopic (exact) mass is 621 g/mol. The molecule has 4 rings (SSSR count). The molecule has 1 fully saturated rings. The summed E-state index contributed by atoms with van der Waals surface area (Å²) in [6, 6.07) is 16.5. The summed E-state index contributed by atoms with van der Waals surface area (Å²) in [5.41, 5.74) is -0.818. The summed E-state index contributed by atoms with van der Waals surface area (Å²) < 4.78 is 68.9. The number of halogens is 4. The molecule has 3 aromatic rings. The molecule has 0 spiro atoms. The van der Waals surface area contributed by atoms with E-state index in [1.807, 2.05) is 0 Å². The summed E-state index contributed by atoms with van der Waals surface area (Å²) in [5, 5.41) is 3.36. The van der Waals surface area contributed by atoms with Gasteiger partial charge in [0.25, 0.3) is 10.0 Å². The van der Waals surface area contributed by atoms with E-state index in [0.717, 1.165) is 37.8 Å². The summed E-state index contributed by atoms with van der Waals surface area (Å²) >= 11 is 6.14. The van der Waals surface area contributed by atoms with Crippen LogP contribution in [0.25, 0.3) is 0 Å². The standard InChI is InChI=1S/C30H31ClF3N3O4S/c1-21(29(39)35-25-12-5-6-13-25)36(19-22-9-7-11-24(31)17-22)28(38)20-37(42(40,41)27-15-3-2-4-16-27)26-14-8-10-23(18-26)30(32,33)34/h2-4,7-11,14-18,21,25H,5-6,12-13,19-20H2,1H3,(H,35,39)/t21-/m1/s1. The highest BCUT2D eigenvalue weighted by Gasteiger charge is 2.35. The normalized spacial score (nSPS) is 14.8. The first-order chi connectivity index (χ1) is 19.9. The molecule has 42 heavy (non-hydrogen) atoms. The van der Waals surface area contributed by atoms with Crippen LogP contribution in [0.3, 0.4) is 0 Å². The predicted molar refractivity (Wildman–Crippen MR) is 154 cm³/mol. The highest BCUT2D eigenvalue weighted by Crippen LogP contribution is 2.33. The Morgan fingerprint density at radius 1 is 0.976 bits per heavy atom. The Labute approximate surface area is 248 Å². The maximum Gasteiger partial charge on any atom is 0.416 e. The number of anilines is 1. The van der Waals surface area contributed by atoms with Crippen molar-refractivity contribution < 1.29 is 31.2 Å². The van der Waals surface area contributed by atoms with Crippen molar-refractivity contribution in [3.63, 3.8) is 0 Å². The largest absolute Gasteiger partial charge is 0.416 e.